The summed E-state index contributed by atoms with van der Waals surface area (Å²) in [5.41, 5.74) is 0.924. The molecule has 0 aromatic carbocycles. The molecule has 0 saturated carbocycles. The van der Waals surface area contributed by atoms with Gasteiger partial charge in [0.1, 0.15) is 5.01 Å². The van der Waals surface area contributed by atoms with Crippen molar-refractivity contribution >= 4 is 40.2 Å². The van der Waals surface area contributed by atoms with Crippen LogP contribution in [0.25, 0.3) is 9.88 Å². The van der Waals surface area contributed by atoms with Crippen LogP contribution in [0.15, 0.2) is 16.8 Å². The molecule has 0 unspecified atom stereocenters. The van der Waals surface area contributed by atoms with Crippen molar-refractivity contribution in [3.8, 4) is 9.88 Å². The molecule has 0 bridgehead atoms. The van der Waals surface area contributed by atoms with Crippen LogP contribution in [0.5, 0.6) is 0 Å². The van der Waals surface area contributed by atoms with Crippen LogP contribution in [0.4, 0.5) is 0 Å². The predicted octanol–water partition coefficient (Wildman–Crippen LogP) is 4.02. The number of hydrogen-bond donors (Lipinski definition) is 0. The Hall–Kier alpha value is -0.910. The van der Waals surface area contributed by atoms with E-state index in [1.54, 1.807) is 29.6 Å². The van der Waals surface area contributed by atoms with Crippen LogP contribution in [-0.4, -0.2) is 17.6 Å². The van der Waals surface area contributed by atoms with Gasteiger partial charge in [-0.3, -0.25) is 4.79 Å². The standard InChI is InChI=1S/C12H12ClNO2S2/c1-2-16-11(15)4-3-9-7-18-12(14-9)10-5-8(13)6-17-10/h5-7H,2-4H2,1H3. The molecule has 0 amide bonds. The lowest BCUT2D eigenvalue weighted by atomic mass is 10.2. The van der Waals surface area contributed by atoms with E-state index in [-0.39, 0.29) is 5.97 Å². The highest BCUT2D eigenvalue weighted by Gasteiger charge is 2.09. The first kappa shape index (κ1) is 13.5. The maximum atomic E-state index is 11.2. The summed E-state index contributed by atoms with van der Waals surface area (Å²) < 4.78 is 4.88. The molecule has 2 aromatic rings. The lowest BCUT2D eigenvalue weighted by Crippen LogP contribution is -2.05. The fourth-order valence-electron chi connectivity index (χ4n) is 1.42. The maximum absolute atomic E-state index is 11.2. The molecule has 96 valence electrons. The van der Waals surface area contributed by atoms with E-state index in [1.165, 1.54) is 0 Å². The Balaban J connectivity index is 1.96. The summed E-state index contributed by atoms with van der Waals surface area (Å²) in [6.07, 6.45) is 0.997. The second-order valence-corrected chi connectivity index (χ2v) is 5.78. The molecule has 0 N–H and O–H groups in total. The smallest absolute Gasteiger partial charge is 0.306 e. The fourth-order valence-corrected chi connectivity index (χ4v) is 3.43. The number of nitrogens with zero attached hydrogens (tertiary/aromatic N) is 1. The predicted molar refractivity (Wildman–Crippen MR) is 75.4 cm³/mol. The highest BCUT2D eigenvalue weighted by molar-refractivity contribution is 7.20. The van der Waals surface area contributed by atoms with Crippen molar-refractivity contribution < 1.29 is 9.53 Å². The lowest BCUT2D eigenvalue weighted by Gasteiger charge is -1.99. The number of thiophene rings is 1. The van der Waals surface area contributed by atoms with E-state index in [9.17, 15) is 4.79 Å². The number of thiazole rings is 1. The van der Waals surface area contributed by atoms with Crippen LogP contribution in [0, 0.1) is 0 Å². The molecule has 0 saturated heterocycles. The van der Waals surface area contributed by atoms with Gasteiger partial charge in [-0.15, -0.1) is 22.7 Å². The van der Waals surface area contributed by atoms with E-state index in [4.69, 9.17) is 16.3 Å². The Morgan fingerprint density at radius 1 is 1.44 bits per heavy atom. The Morgan fingerprint density at radius 3 is 2.94 bits per heavy atom. The van der Waals surface area contributed by atoms with E-state index in [1.807, 2.05) is 16.8 Å². The summed E-state index contributed by atoms with van der Waals surface area (Å²) in [4.78, 5) is 16.8. The van der Waals surface area contributed by atoms with Crippen molar-refractivity contribution in [2.24, 2.45) is 0 Å². The zero-order valence-corrected chi connectivity index (χ0v) is 12.2. The third-order valence-electron chi connectivity index (χ3n) is 2.22. The molecule has 2 rings (SSSR count). The van der Waals surface area contributed by atoms with Crippen molar-refractivity contribution in [2.45, 2.75) is 19.8 Å². The molecular weight excluding hydrogens is 290 g/mol. The fraction of sp³-hybridized carbons (Fsp3) is 0.333. The van der Waals surface area contributed by atoms with Crippen LogP contribution >= 0.6 is 34.3 Å². The summed E-state index contributed by atoms with van der Waals surface area (Å²) in [6.45, 7) is 2.23. The van der Waals surface area contributed by atoms with Crippen molar-refractivity contribution in [3.63, 3.8) is 0 Å². The number of esters is 1. The number of halogens is 1. The van der Waals surface area contributed by atoms with Gasteiger partial charge in [0.2, 0.25) is 0 Å². The first-order valence-corrected chi connectivity index (χ1v) is 7.67. The highest BCUT2D eigenvalue weighted by atomic mass is 35.5. The monoisotopic (exact) mass is 301 g/mol. The third-order valence-corrected chi connectivity index (χ3v) is 4.56. The lowest BCUT2D eigenvalue weighted by molar-refractivity contribution is -0.143. The minimum atomic E-state index is -0.175. The summed E-state index contributed by atoms with van der Waals surface area (Å²) in [7, 11) is 0. The number of carbonyl (C=O) groups is 1. The SMILES string of the molecule is CCOC(=O)CCc1csc(-c2cc(Cl)cs2)n1. The summed E-state index contributed by atoms with van der Waals surface area (Å²) in [5.74, 6) is -0.175. The van der Waals surface area contributed by atoms with Gasteiger partial charge in [0.15, 0.2) is 0 Å². The van der Waals surface area contributed by atoms with Crippen LogP contribution < -0.4 is 0 Å². The van der Waals surface area contributed by atoms with Gasteiger partial charge in [-0.1, -0.05) is 11.6 Å². The largest absolute Gasteiger partial charge is 0.466 e. The van der Waals surface area contributed by atoms with Gasteiger partial charge in [-0.25, -0.2) is 4.98 Å². The number of aryl methyl sites for hydroxylation is 1. The van der Waals surface area contributed by atoms with Gasteiger partial charge in [-0.05, 0) is 13.0 Å². The minimum absolute atomic E-state index is 0.175. The molecule has 0 atom stereocenters. The second kappa shape index (κ2) is 6.31. The number of carbonyl (C=O) groups excluding carboxylic acids is 1. The Morgan fingerprint density at radius 2 is 2.28 bits per heavy atom. The normalized spacial score (nSPS) is 10.6. The molecule has 0 aliphatic carbocycles. The molecule has 0 spiro atoms. The number of aromatic nitrogens is 1. The van der Waals surface area contributed by atoms with Crippen LogP contribution in [0.2, 0.25) is 5.02 Å². The van der Waals surface area contributed by atoms with Gasteiger partial charge in [-0.2, -0.15) is 0 Å². The van der Waals surface area contributed by atoms with E-state index < -0.39 is 0 Å². The van der Waals surface area contributed by atoms with Gasteiger partial charge in [0, 0.05) is 17.2 Å². The zero-order valence-electron chi connectivity index (χ0n) is 9.81. The van der Waals surface area contributed by atoms with Crippen LogP contribution in [0.3, 0.4) is 0 Å². The average Bonchev–Trinajstić information content (AvgIpc) is 2.95. The van der Waals surface area contributed by atoms with Crippen molar-refractivity contribution in [1.29, 1.82) is 0 Å². The molecule has 2 aromatic heterocycles. The minimum Gasteiger partial charge on any atom is -0.466 e. The Bertz CT molecular complexity index is 536. The average molecular weight is 302 g/mol. The number of rotatable bonds is 5. The zero-order chi connectivity index (χ0) is 13.0. The molecule has 18 heavy (non-hydrogen) atoms. The summed E-state index contributed by atoms with van der Waals surface area (Å²) in [5, 5.41) is 5.54. The van der Waals surface area contributed by atoms with Gasteiger partial charge in [0.25, 0.3) is 0 Å². The van der Waals surface area contributed by atoms with E-state index in [0.717, 1.165) is 20.6 Å². The second-order valence-electron chi connectivity index (χ2n) is 3.58. The molecule has 3 nitrogen and oxygen atoms in total. The van der Waals surface area contributed by atoms with Gasteiger partial charge in [0.05, 0.1) is 28.6 Å². The topological polar surface area (TPSA) is 39.2 Å². The third kappa shape index (κ3) is 3.54. The van der Waals surface area contributed by atoms with Crippen LogP contribution in [-0.2, 0) is 16.0 Å². The quantitative estimate of drug-likeness (QED) is 0.783. The van der Waals surface area contributed by atoms with Crippen molar-refractivity contribution in [2.75, 3.05) is 6.61 Å². The number of ether oxygens (including phenoxy) is 1. The first-order valence-electron chi connectivity index (χ1n) is 5.53. The van der Waals surface area contributed by atoms with Crippen molar-refractivity contribution in [3.05, 3.63) is 27.5 Å². The maximum Gasteiger partial charge on any atom is 0.306 e. The summed E-state index contributed by atoms with van der Waals surface area (Å²) >= 11 is 9.02. The van der Waals surface area contributed by atoms with Crippen LogP contribution in [0.1, 0.15) is 19.0 Å². The molecule has 0 aliphatic heterocycles. The molecule has 0 fully saturated rings. The van der Waals surface area contributed by atoms with E-state index >= 15 is 0 Å². The van der Waals surface area contributed by atoms with E-state index in [0.29, 0.717) is 19.4 Å². The number of hydrogen-bond acceptors (Lipinski definition) is 5. The summed E-state index contributed by atoms with van der Waals surface area (Å²) in [6, 6.07) is 1.90. The molecule has 0 radical (unpaired) electrons. The van der Waals surface area contributed by atoms with Gasteiger partial charge >= 0.3 is 5.97 Å². The molecular formula is C12H12ClNO2S2. The Kier molecular flexibility index (Phi) is 4.74. The van der Waals surface area contributed by atoms with Crippen molar-refractivity contribution in [1.82, 2.24) is 4.98 Å². The molecule has 2 heterocycles. The first-order chi connectivity index (χ1) is 8.69. The molecule has 0 aliphatic rings. The van der Waals surface area contributed by atoms with Gasteiger partial charge < -0.3 is 4.74 Å². The molecule has 6 heteroatoms. The van der Waals surface area contributed by atoms with E-state index in [2.05, 4.69) is 4.98 Å². The Labute approximate surface area is 118 Å². The highest BCUT2D eigenvalue weighted by Crippen LogP contribution is 2.31.